The summed E-state index contributed by atoms with van der Waals surface area (Å²) in [5, 5.41) is 17.6. The molecular formula is C10H17NO4. The molecule has 1 fully saturated rings. The summed E-state index contributed by atoms with van der Waals surface area (Å²) >= 11 is 0. The van der Waals surface area contributed by atoms with Crippen LogP contribution in [0, 0.1) is 5.41 Å². The number of carboxylic acid groups (broad SMARTS) is 1. The second-order valence-corrected chi connectivity index (χ2v) is 3.85. The highest BCUT2D eigenvalue weighted by molar-refractivity contribution is 6.04. The lowest BCUT2D eigenvalue weighted by molar-refractivity contribution is -0.153. The van der Waals surface area contributed by atoms with Crippen molar-refractivity contribution in [1.82, 2.24) is 4.90 Å². The van der Waals surface area contributed by atoms with Crippen LogP contribution >= 0.6 is 0 Å². The van der Waals surface area contributed by atoms with Crippen LogP contribution in [0.3, 0.4) is 0 Å². The van der Waals surface area contributed by atoms with E-state index < -0.39 is 11.4 Å². The molecule has 1 aliphatic rings. The van der Waals surface area contributed by atoms with Crippen LogP contribution in [0.25, 0.3) is 0 Å². The first kappa shape index (κ1) is 12.0. The Hall–Kier alpha value is -1.10. The second-order valence-electron chi connectivity index (χ2n) is 3.85. The van der Waals surface area contributed by atoms with Gasteiger partial charge in [0.15, 0.2) is 0 Å². The number of nitrogens with zero attached hydrogens (tertiary/aromatic N) is 1. The number of hydrogen-bond acceptors (Lipinski definition) is 3. The molecule has 86 valence electrons. The Morgan fingerprint density at radius 2 is 2.00 bits per heavy atom. The fraction of sp³-hybridized carbons (Fsp3) is 0.800. The smallest absolute Gasteiger partial charge is 0.319 e. The highest BCUT2D eigenvalue weighted by atomic mass is 16.4. The Kier molecular flexibility index (Phi) is 3.68. The van der Waals surface area contributed by atoms with E-state index in [1.54, 1.807) is 0 Å². The molecule has 0 aromatic heterocycles. The normalized spacial score (nSPS) is 17.2. The van der Waals surface area contributed by atoms with E-state index in [9.17, 15) is 9.59 Å². The molecule has 0 radical (unpaired) electrons. The van der Waals surface area contributed by atoms with Gasteiger partial charge in [-0.15, -0.1) is 0 Å². The Balaban J connectivity index is 2.61. The molecule has 2 N–H and O–H groups in total. The molecule has 5 nitrogen and oxygen atoms in total. The highest BCUT2D eigenvalue weighted by Gasteiger charge is 2.58. The van der Waals surface area contributed by atoms with Gasteiger partial charge in [-0.25, -0.2) is 0 Å². The molecule has 0 aliphatic heterocycles. The van der Waals surface area contributed by atoms with Gasteiger partial charge in [-0.1, -0.05) is 0 Å². The van der Waals surface area contributed by atoms with Gasteiger partial charge in [0.25, 0.3) is 0 Å². The van der Waals surface area contributed by atoms with Gasteiger partial charge >= 0.3 is 5.97 Å². The minimum Gasteiger partial charge on any atom is -0.480 e. The van der Waals surface area contributed by atoms with E-state index in [0.717, 1.165) is 0 Å². The average Bonchev–Trinajstić information content (AvgIpc) is 2.99. The highest BCUT2D eigenvalue weighted by Crippen LogP contribution is 2.47. The van der Waals surface area contributed by atoms with Gasteiger partial charge in [-0.2, -0.15) is 0 Å². The standard InChI is InChI=1S/C10H17NO4/c1-2-11(6-3-7-12)8(13)10(4-5-10)9(14)15/h12H,2-7H2,1H3,(H,14,15). The van der Waals surface area contributed by atoms with E-state index in [4.69, 9.17) is 10.2 Å². The maximum Gasteiger partial charge on any atom is 0.319 e. The fourth-order valence-corrected chi connectivity index (χ4v) is 1.61. The largest absolute Gasteiger partial charge is 0.480 e. The summed E-state index contributed by atoms with van der Waals surface area (Å²) in [6.07, 6.45) is 1.38. The van der Waals surface area contributed by atoms with Crippen molar-refractivity contribution in [1.29, 1.82) is 0 Å². The molecule has 0 bridgehead atoms. The minimum atomic E-state index is -1.15. The third kappa shape index (κ3) is 2.28. The zero-order valence-corrected chi connectivity index (χ0v) is 8.90. The molecule has 0 unspecified atom stereocenters. The van der Waals surface area contributed by atoms with Crippen molar-refractivity contribution >= 4 is 11.9 Å². The molecule has 1 aliphatic carbocycles. The van der Waals surface area contributed by atoms with E-state index in [-0.39, 0.29) is 12.5 Å². The van der Waals surface area contributed by atoms with Gasteiger partial charge < -0.3 is 15.1 Å². The van der Waals surface area contributed by atoms with Gasteiger partial charge in [-0.3, -0.25) is 9.59 Å². The predicted octanol–water partition coefficient (Wildman–Crippen LogP) is 0.0821. The summed E-state index contributed by atoms with van der Waals surface area (Å²) in [4.78, 5) is 24.3. The summed E-state index contributed by atoms with van der Waals surface area (Å²) in [5.74, 6) is -1.32. The number of amides is 1. The molecule has 1 rings (SSSR count). The van der Waals surface area contributed by atoms with Crippen molar-refractivity contribution < 1.29 is 19.8 Å². The number of aliphatic hydroxyl groups excluding tert-OH is 1. The predicted molar refractivity (Wildman–Crippen MR) is 53.3 cm³/mol. The van der Waals surface area contributed by atoms with Crippen LogP contribution < -0.4 is 0 Å². The third-order valence-corrected chi connectivity index (χ3v) is 2.82. The Bertz CT molecular complexity index is 260. The average molecular weight is 215 g/mol. The van der Waals surface area contributed by atoms with E-state index in [0.29, 0.717) is 32.4 Å². The van der Waals surface area contributed by atoms with E-state index in [1.165, 1.54) is 4.90 Å². The van der Waals surface area contributed by atoms with Crippen LogP contribution in [0.15, 0.2) is 0 Å². The number of aliphatic carboxylic acids is 1. The van der Waals surface area contributed by atoms with Crippen LogP contribution in [0.1, 0.15) is 26.2 Å². The maximum atomic E-state index is 11.9. The molecule has 1 amide bonds. The van der Waals surface area contributed by atoms with E-state index in [1.807, 2.05) is 6.92 Å². The molecular weight excluding hydrogens is 198 g/mol. The number of hydrogen-bond donors (Lipinski definition) is 2. The number of carbonyl (C=O) groups is 2. The van der Waals surface area contributed by atoms with Crippen molar-refractivity contribution in [2.75, 3.05) is 19.7 Å². The molecule has 0 saturated heterocycles. The van der Waals surface area contributed by atoms with Crippen LogP contribution in [-0.2, 0) is 9.59 Å². The van der Waals surface area contributed by atoms with Crippen LogP contribution in [0.5, 0.6) is 0 Å². The van der Waals surface area contributed by atoms with Crippen LogP contribution in [-0.4, -0.2) is 46.7 Å². The zero-order valence-electron chi connectivity index (χ0n) is 8.90. The van der Waals surface area contributed by atoms with Gasteiger partial charge in [0, 0.05) is 19.7 Å². The Morgan fingerprint density at radius 1 is 1.40 bits per heavy atom. The number of carbonyl (C=O) groups excluding carboxylic acids is 1. The monoisotopic (exact) mass is 215 g/mol. The Labute approximate surface area is 88.7 Å². The van der Waals surface area contributed by atoms with E-state index >= 15 is 0 Å². The van der Waals surface area contributed by atoms with Crippen molar-refractivity contribution in [2.45, 2.75) is 26.2 Å². The first-order valence-electron chi connectivity index (χ1n) is 5.22. The quantitative estimate of drug-likeness (QED) is 0.615. The number of carboxylic acids is 1. The van der Waals surface area contributed by atoms with Crippen molar-refractivity contribution in [3.8, 4) is 0 Å². The second kappa shape index (κ2) is 4.61. The van der Waals surface area contributed by atoms with Gasteiger partial charge in [0.1, 0.15) is 5.41 Å². The summed E-state index contributed by atoms with van der Waals surface area (Å²) in [6, 6.07) is 0. The number of rotatable bonds is 6. The van der Waals surface area contributed by atoms with Crippen molar-refractivity contribution in [2.24, 2.45) is 5.41 Å². The Morgan fingerprint density at radius 3 is 2.33 bits per heavy atom. The lowest BCUT2D eigenvalue weighted by Crippen LogP contribution is -2.41. The van der Waals surface area contributed by atoms with E-state index in [2.05, 4.69) is 0 Å². The SMILES string of the molecule is CCN(CCCO)C(=O)C1(C(=O)O)CC1. The molecule has 0 aromatic rings. The third-order valence-electron chi connectivity index (χ3n) is 2.82. The molecule has 0 heterocycles. The lowest BCUT2D eigenvalue weighted by Gasteiger charge is -2.23. The topological polar surface area (TPSA) is 77.8 Å². The summed E-state index contributed by atoms with van der Waals surface area (Å²) in [5.41, 5.74) is -1.15. The molecule has 5 heteroatoms. The first-order chi connectivity index (χ1) is 7.08. The summed E-state index contributed by atoms with van der Waals surface area (Å²) in [7, 11) is 0. The van der Waals surface area contributed by atoms with Gasteiger partial charge in [0.2, 0.25) is 5.91 Å². The minimum absolute atomic E-state index is 0.0177. The number of aliphatic hydroxyl groups is 1. The van der Waals surface area contributed by atoms with Crippen LogP contribution in [0.2, 0.25) is 0 Å². The molecule has 0 spiro atoms. The maximum absolute atomic E-state index is 11.9. The van der Waals surface area contributed by atoms with Gasteiger partial charge in [0.05, 0.1) is 0 Å². The zero-order chi connectivity index (χ0) is 11.5. The van der Waals surface area contributed by atoms with Crippen molar-refractivity contribution in [3.05, 3.63) is 0 Å². The first-order valence-corrected chi connectivity index (χ1v) is 5.22. The molecule has 0 aromatic carbocycles. The van der Waals surface area contributed by atoms with Crippen LogP contribution in [0.4, 0.5) is 0 Å². The molecule has 15 heavy (non-hydrogen) atoms. The molecule has 0 atom stereocenters. The summed E-state index contributed by atoms with van der Waals surface area (Å²) in [6.45, 7) is 2.76. The molecule has 1 saturated carbocycles. The lowest BCUT2D eigenvalue weighted by atomic mass is 10.1. The van der Waals surface area contributed by atoms with Crippen molar-refractivity contribution in [3.63, 3.8) is 0 Å². The summed E-state index contributed by atoms with van der Waals surface area (Å²) < 4.78 is 0. The fourth-order valence-electron chi connectivity index (χ4n) is 1.61. The van der Waals surface area contributed by atoms with Gasteiger partial charge in [-0.05, 0) is 26.2 Å².